The van der Waals surface area contributed by atoms with Crippen LogP contribution in [0.4, 0.5) is 0 Å². The predicted octanol–water partition coefficient (Wildman–Crippen LogP) is 12.6. The minimum Gasteiger partial charge on any atom is -0.510 e. The number of fused-ring (bicyclic) bond motifs is 3. The van der Waals surface area contributed by atoms with Gasteiger partial charge in [-0.2, -0.15) is 18.2 Å². The van der Waals surface area contributed by atoms with Crippen molar-refractivity contribution in [3.05, 3.63) is 212 Å². The van der Waals surface area contributed by atoms with E-state index in [4.69, 9.17) is 26.2 Å². The third-order valence-corrected chi connectivity index (χ3v) is 9.81. The molecule has 7 aromatic carbocycles. The first kappa shape index (κ1) is 27.0. The van der Waals surface area contributed by atoms with E-state index in [1.54, 1.807) is 65.6 Å². The Hall–Kier alpha value is -6.81. The van der Waals surface area contributed by atoms with Gasteiger partial charge in [0.2, 0.25) is 0 Å². The molecule has 0 atom stereocenters. The Balaban J connectivity index is 0.00000640. The third-order valence-electron chi connectivity index (χ3n) is 9.81. The second-order valence-corrected chi connectivity index (χ2v) is 14.1. The molecule has 0 fully saturated rings. The Morgan fingerprint density at radius 2 is 1.42 bits per heavy atom. The zero-order valence-corrected chi connectivity index (χ0v) is 34.5. The minimum atomic E-state index is -1.62. The van der Waals surface area contributed by atoms with Gasteiger partial charge in [0.25, 0.3) is 6.33 Å². The van der Waals surface area contributed by atoms with Crippen molar-refractivity contribution in [3.63, 3.8) is 0 Å². The Kier molecular flexibility index (Phi) is 7.58. The molecule has 0 saturated heterocycles. The number of imidazole rings is 1. The van der Waals surface area contributed by atoms with E-state index in [9.17, 15) is 0 Å². The van der Waals surface area contributed by atoms with E-state index in [1.165, 1.54) is 10.6 Å². The molecular weight excluding hydrogens is 916 g/mol. The van der Waals surface area contributed by atoms with Crippen molar-refractivity contribution in [1.82, 2.24) is 14.1 Å². The van der Waals surface area contributed by atoms with Crippen molar-refractivity contribution in [1.29, 1.82) is 0 Å². The van der Waals surface area contributed by atoms with Crippen LogP contribution >= 0.6 is 0 Å². The number of aromatic nitrogens is 4. The number of nitrogens with zero attached hydrogens (tertiary/aromatic N) is 4. The van der Waals surface area contributed by atoms with Crippen molar-refractivity contribution < 1.29 is 46.8 Å². The molecule has 6 heteroatoms. The molecule has 0 unspecified atom stereocenters. The summed E-state index contributed by atoms with van der Waals surface area (Å²) in [6.45, 7) is 3.69. The predicted molar refractivity (Wildman–Crippen MR) is 237 cm³/mol. The Morgan fingerprint density at radius 3 is 2.15 bits per heavy atom. The molecule has 5 nitrogen and oxygen atoms in total. The fourth-order valence-electron chi connectivity index (χ4n) is 7.30. The summed E-state index contributed by atoms with van der Waals surface area (Å²) in [5.74, 6) is 0.888. The van der Waals surface area contributed by atoms with Gasteiger partial charge < -0.3 is 13.9 Å². The second-order valence-electron chi connectivity index (χ2n) is 14.1. The molecule has 0 bridgehead atoms. The van der Waals surface area contributed by atoms with E-state index in [0.717, 1.165) is 27.4 Å². The molecular formula is C54H40N4OPt-2. The fourth-order valence-corrected chi connectivity index (χ4v) is 7.30. The number of rotatable bonds is 10. The third kappa shape index (κ3) is 7.61. The summed E-state index contributed by atoms with van der Waals surface area (Å²) in [4.78, 5) is 4.74. The number of para-hydroxylation sites is 1. The topological polar surface area (TPSA) is 35.9 Å². The molecule has 0 amide bonds. The molecule has 10 aromatic rings. The van der Waals surface area contributed by atoms with Gasteiger partial charge in [0.05, 0.1) is 19.4 Å². The molecule has 10 rings (SSSR count). The maximum atomic E-state index is 8.87. The summed E-state index contributed by atoms with van der Waals surface area (Å²) in [5, 5.41) is 1.82. The van der Waals surface area contributed by atoms with E-state index >= 15 is 0 Å². The number of pyridine rings is 1. The summed E-state index contributed by atoms with van der Waals surface area (Å²) >= 11 is 0. The van der Waals surface area contributed by atoms with E-state index in [2.05, 4.69) is 42.7 Å². The first-order valence-electron chi connectivity index (χ1n) is 25.0. The maximum Gasteiger partial charge on any atom is 0.267 e. The molecule has 0 spiro atoms. The van der Waals surface area contributed by atoms with Crippen LogP contribution in [0.5, 0.6) is 11.5 Å². The van der Waals surface area contributed by atoms with E-state index in [-0.39, 0.29) is 54.9 Å². The number of benzene rings is 7. The summed E-state index contributed by atoms with van der Waals surface area (Å²) < 4.78 is 115. The summed E-state index contributed by atoms with van der Waals surface area (Å²) in [7, 11) is 0. The van der Waals surface area contributed by atoms with Gasteiger partial charge in [0.1, 0.15) is 5.82 Å². The van der Waals surface area contributed by atoms with Crippen LogP contribution in [-0.4, -0.2) is 14.1 Å². The van der Waals surface area contributed by atoms with Crippen LogP contribution in [0.15, 0.2) is 188 Å². The summed E-state index contributed by atoms with van der Waals surface area (Å²) in [5.41, 5.74) is 4.62. The average molecular weight is 968 g/mol. The number of ether oxygens (including phenoxy) is 1. The maximum absolute atomic E-state index is 8.87. The van der Waals surface area contributed by atoms with E-state index in [1.807, 2.05) is 54.8 Å². The monoisotopic (exact) mass is 967 g/mol. The molecule has 0 aliphatic heterocycles. The fraction of sp³-hybridized carbons (Fsp3) is 0.0741. The van der Waals surface area contributed by atoms with Crippen LogP contribution in [0.2, 0.25) is 0 Å². The van der Waals surface area contributed by atoms with Gasteiger partial charge in [-0.3, -0.25) is 4.57 Å². The van der Waals surface area contributed by atoms with Gasteiger partial charge in [-0.25, -0.2) is 4.98 Å². The van der Waals surface area contributed by atoms with E-state index < -0.39 is 66.8 Å². The zero-order chi connectivity index (χ0) is 50.2. The van der Waals surface area contributed by atoms with Crippen LogP contribution in [0.25, 0.3) is 72.4 Å². The minimum absolute atomic E-state index is 0. The molecule has 0 aliphatic rings. The van der Waals surface area contributed by atoms with Gasteiger partial charge in [-0.05, 0) is 80.5 Å². The quantitative estimate of drug-likeness (QED) is 0.101. The van der Waals surface area contributed by atoms with Crippen molar-refractivity contribution in [2.24, 2.45) is 5.92 Å². The molecule has 3 aromatic heterocycles. The smallest absolute Gasteiger partial charge is 0.267 e. The second kappa shape index (κ2) is 16.8. The van der Waals surface area contributed by atoms with Crippen molar-refractivity contribution in [3.8, 4) is 62.1 Å². The van der Waals surface area contributed by atoms with Crippen LogP contribution in [0.1, 0.15) is 35.9 Å². The molecule has 60 heavy (non-hydrogen) atoms. The van der Waals surface area contributed by atoms with Gasteiger partial charge in [0, 0.05) is 59.4 Å². The summed E-state index contributed by atoms with van der Waals surface area (Å²) in [6, 6.07) is 34.8. The van der Waals surface area contributed by atoms with Crippen molar-refractivity contribution in [2.45, 2.75) is 20.2 Å². The van der Waals surface area contributed by atoms with Crippen molar-refractivity contribution in [2.75, 3.05) is 0 Å². The van der Waals surface area contributed by atoms with Gasteiger partial charge in [-0.15, -0.1) is 29.7 Å². The zero-order valence-electron chi connectivity index (χ0n) is 44.2. The summed E-state index contributed by atoms with van der Waals surface area (Å²) in [6.07, 6.45) is 6.45. The number of hydrogen-bond donors (Lipinski definition) is 0. The largest absolute Gasteiger partial charge is 0.510 e. The molecule has 0 N–H and O–H groups in total. The van der Waals surface area contributed by atoms with Crippen LogP contribution in [0, 0.1) is 24.4 Å². The molecule has 294 valence electrons. The Labute approximate surface area is 382 Å². The van der Waals surface area contributed by atoms with Crippen LogP contribution in [-0.2, 0) is 27.4 Å². The van der Waals surface area contributed by atoms with Crippen LogP contribution < -0.4 is 9.30 Å². The van der Waals surface area contributed by atoms with E-state index in [0.29, 0.717) is 34.1 Å². The Morgan fingerprint density at radius 1 is 0.700 bits per heavy atom. The molecule has 3 heterocycles. The average Bonchev–Trinajstić information content (AvgIpc) is 4.00. The molecule has 0 radical (unpaired) electrons. The van der Waals surface area contributed by atoms with Crippen molar-refractivity contribution >= 4 is 21.8 Å². The first-order chi connectivity index (χ1) is 34.0. The van der Waals surface area contributed by atoms with Gasteiger partial charge in [-0.1, -0.05) is 140 Å². The number of hydrogen-bond acceptors (Lipinski definition) is 2. The molecule has 0 saturated carbocycles. The van der Waals surface area contributed by atoms with Crippen LogP contribution in [0.3, 0.4) is 0 Å². The Bertz CT molecular complexity index is 3640. The van der Waals surface area contributed by atoms with Gasteiger partial charge in [0.15, 0.2) is 0 Å². The standard InChI is InChI=1S/C54H40N4O.Pt/c1-38(2)32-39-28-29-55-53(33-39)58-51-27-24-43(40-14-6-3-7-15-40)34-50(51)49-26-25-46(36-52(49)58)59-45-21-12-20-44(35-45)56-30-31-57(37-56)54-47(41-16-8-4-9-17-41)22-13-23-48(54)42-18-10-5-11-19-42;/h3-31,33-34,38H,32H2,1-2H3;/q-2;/i4D,5D,8D,9D,10D,11D,16D,17D,18D,19D,32D2;. The SMILES string of the molecule is [2H]c1c([2H])c([2H])c(-c2cccc(-c3c([2H])c([2H])c([2H])c([2H])c3[2H])c2-[n+]2[c-]n(-c3[c-]c(Oc4[c-]c5c(cc4)c4cc(-c6ccccc6)ccc4n5-c4cc(C([2H])([2H])C(C)C)ccn4)ccc3)cc2)c([2H])c1[2H].[Pt]. The first-order valence-corrected chi connectivity index (χ1v) is 19.0. The normalized spacial score (nSPS) is 14.3. The molecule has 0 aliphatic carbocycles. The van der Waals surface area contributed by atoms with Gasteiger partial charge >= 0.3 is 0 Å².